The lowest BCUT2D eigenvalue weighted by Gasteiger charge is -2.31. The Bertz CT molecular complexity index is 1000. The molecule has 2 aromatic rings. The second-order valence-electron chi connectivity index (χ2n) is 6.72. The molecule has 1 amide bonds. The van der Waals surface area contributed by atoms with E-state index in [9.17, 15) is 18.0 Å². The predicted molar refractivity (Wildman–Crippen MR) is 102 cm³/mol. The first kappa shape index (κ1) is 19.5. The van der Waals surface area contributed by atoms with Gasteiger partial charge >= 0.3 is 0 Å². The molecule has 1 aliphatic carbocycles. The smallest absolute Gasteiger partial charge is 0.275 e. The number of ether oxygens (including phenoxy) is 1. The topological polar surface area (TPSA) is 102 Å². The maximum absolute atomic E-state index is 14.7. The van der Waals surface area contributed by atoms with Gasteiger partial charge in [0.15, 0.2) is 16.8 Å². The Labute approximate surface area is 168 Å². The quantitative estimate of drug-likeness (QED) is 0.767. The van der Waals surface area contributed by atoms with E-state index in [1.807, 2.05) is 0 Å². The molecule has 11 heteroatoms. The number of aromatic nitrogens is 2. The zero-order chi connectivity index (χ0) is 20.8. The van der Waals surface area contributed by atoms with Crippen LogP contribution < -0.4 is 15.8 Å². The third-order valence-corrected chi connectivity index (χ3v) is 6.11. The maximum Gasteiger partial charge on any atom is 0.275 e. The third-order valence-electron chi connectivity index (χ3n) is 4.95. The Morgan fingerprint density at radius 1 is 1.38 bits per heavy atom. The number of nitrogens with one attached hydrogen (secondary N) is 1. The standard InChI is InChI=1S/C18H16F3N5O2S/c1-28-14-6-23-12(5-24-14)16(27)25-8-2-10(15(21)11(20)3-8)18(7-19)9-4-13(9)29-17(22)26-18/h2-3,5-6,9,13H,4,7H2,1H3,(H2,22,26)(H,25,27)/t9-,13+,18+/m1/s1. The summed E-state index contributed by atoms with van der Waals surface area (Å²) in [5.74, 6) is -3.21. The van der Waals surface area contributed by atoms with E-state index in [1.165, 1.54) is 37.3 Å². The van der Waals surface area contributed by atoms with Crippen LogP contribution in [0.5, 0.6) is 5.88 Å². The molecule has 0 bridgehead atoms. The van der Waals surface area contributed by atoms with Gasteiger partial charge in [0.1, 0.15) is 17.9 Å². The van der Waals surface area contributed by atoms with Crippen molar-refractivity contribution in [1.82, 2.24) is 9.97 Å². The number of amidine groups is 1. The molecule has 0 radical (unpaired) electrons. The van der Waals surface area contributed by atoms with E-state index in [0.717, 1.165) is 6.07 Å². The van der Waals surface area contributed by atoms with Crippen LogP contribution in [0.2, 0.25) is 0 Å². The van der Waals surface area contributed by atoms with Crippen molar-refractivity contribution in [1.29, 1.82) is 0 Å². The number of nitrogens with two attached hydrogens (primary N) is 1. The highest BCUT2D eigenvalue weighted by Gasteiger charge is 2.58. The number of fused-ring (bicyclic) bond motifs is 1. The number of carbonyl (C=O) groups excluding carboxylic acids is 1. The third kappa shape index (κ3) is 3.39. The van der Waals surface area contributed by atoms with E-state index in [4.69, 9.17) is 10.5 Å². The van der Waals surface area contributed by atoms with Crippen molar-refractivity contribution in [3.8, 4) is 5.88 Å². The van der Waals surface area contributed by atoms with Crippen LogP contribution in [-0.2, 0) is 5.54 Å². The van der Waals surface area contributed by atoms with Crippen molar-refractivity contribution < 1.29 is 22.7 Å². The highest BCUT2D eigenvalue weighted by molar-refractivity contribution is 8.14. The molecule has 0 spiro atoms. The molecule has 0 unspecified atom stereocenters. The van der Waals surface area contributed by atoms with Crippen LogP contribution in [0.4, 0.5) is 18.9 Å². The molecule has 0 saturated heterocycles. The first-order valence-electron chi connectivity index (χ1n) is 8.63. The summed E-state index contributed by atoms with van der Waals surface area (Å²) in [5, 5.41) is 2.57. The fraction of sp³-hybridized carbons (Fsp3) is 0.333. The van der Waals surface area contributed by atoms with Crippen LogP contribution in [0.25, 0.3) is 0 Å². The minimum Gasteiger partial charge on any atom is -0.480 e. The molecule has 1 aliphatic heterocycles. The molecule has 1 fully saturated rings. The van der Waals surface area contributed by atoms with Crippen molar-refractivity contribution in [3.63, 3.8) is 0 Å². The zero-order valence-corrected chi connectivity index (χ0v) is 16.0. The summed E-state index contributed by atoms with van der Waals surface area (Å²) < 4.78 is 48.0. The number of benzene rings is 1. The molecule has 3 N–H and O–H groups in total. The number of alkyl halides is 1. The minimum atomic E-state index is -1.61. The van der Waals surface area contributed by atoms with Crippen LogP contribution in [0, 0.1) is 17.6 Å². The molecule has 1 saturated carbocycles. The first-order valence-corrected chi connectivity index (χ1v) is 9.50. The Hall–Kier alpha value is -2.82. The Balaban J connectivity index is 1.69. The number of hydrogen-bond acceptors (Lipinski definition) is 7. The van der Waals surface area contributed by atoms with Gasteiger partial charge in [-0.3, -0.25) is 4.79 Å². The molecule has 29 heavy (non-hydrogen) atoms. The summed E-state index contributed by atoms with van der Waals surface area (Å²) in [5.41, 5.74) is 3.79. The van der Waals surface area contributed by atoms with Gasteiger partial charge in [0, 0.05) is 28.5 Å². The SMILES string of the molecule is COc1cnc(C(=O)Nc2cc(F)c(F)c([C@@]3(CF)N=C(N)S[C@H]4C[C@H]43)c2)cn1. The molecule has 1 aromatic carbocycles. The van der Waals surface area contributed by atoms with Crippen molar-refractivity contribution >= 4 is 28.5 Å². The summed E-state index contributed by atoms with van der Waals surface area (Å²) in [4.78, 5) is 24.3. The van der Waals surface area contributed by atoms with E-state index in [1.54, 1.807) is 0 Å². The van der Waals surface area contributed by atoms with Gasteiger partial charge in [-0.25, -0.2) is 28.1 Å². The summed E-state index contributed by atoms with van der Waals surface area (Å²) in [7, 11) is 1.40. The van der Waals surface area contributed by atoms with E-state index < -0.39 is 29.8 Å². The first-order chi connectivity index (χ1) is 13.9. The predicted octanol–water partition coefficient (Wildman–Crippen LogP) is 2.63. The zero-order valence-electron chi connectivity index (χ0n) is 15.2. The average Bonchev–Trinajstić information content (AvgIpc) is 3.49. The average molecular weight is 423 g/mol. The fourth-order valence-corrected chi connectivity index (χ4v) is 4.66. The number of halogens is 3. The summed E-state index contributed by atoms with van der Waals surface area (Å²) in [6.45, 7) is -1.03. The number of anilines is 1. The summed E-state index contributed by atoms with van der Waals surface area (Å²) in [6.07, 6.45) is 3.02. The number of nitrogens with zero attached hydrogens (tertiary/aromatic N) is 3. The lowest BCUT2D eigenvalue weighted by Crippen LogP contribution is -2.37. The second-order valence-corrected chi connectivity index (χ2v) is 7.98. The minimum absolute atomic E-state index is 0.0125. The van der Waals surface area contributed by atoms with Crippen LogP contribution in [0.3, 0.4) is 0 Å². The Kier molecular flexibility index (Phi) is 4.85. The Morgan fingerprint density at radius 2 is 2.17 bits per heavy atom. The molecule has 2 aliphatic rings. The lowest BCUT2D eigenvalue weighted by atomic mass is 9.85. The molecular formula is C18H16F3N5O2S. The van der Waals surface area contributed by atoms with Crippen LogP contribution in [0.15, 0.2) is 29.5 Å². The fourth-order valence-electron chi connectivity index (χ4n) is 3.44. The Morgan fingerprint density at radius 3 is 2.83 bits per heavy atom. The molecule has 2 heterocycles. The van der Waals surface area contributed by atoms with E-state index in [2.05, 4.69) is 20.3 Å². The van der Waals surface area contributed by atoms with Gasteiger partial charge in [-0.1, -0.05) is 11.8 Å². The van der Waals surface area contributed by atoms with Crippen molar-refractivity contribution in [3.05, 3.63) is 47.4 Å². The van der Waals surface area contributed by atoms with Crippen molar-refractivity contribution in [2.24, 2.45) is 16.6 Å². The van der Waals surface area contributed by atoms with Gasteiger partial charge < -0.3 is 15.8 Å². The number of amides is 1. The second kappa shape index (κ2) is 7.21. The number of rotatable bonds is 5. The van der Waals surface area contributed by atoms with Gasteiger partial charge in [0.2, 0.25) is 5.88 Å². The highest BCUT2D eigenvalue weighted by Crippen LogP contribution is 2.58. The van der Waals surface area contributed by atoms with Gasteiger partial charge in [-0.15, -0.1) is 0 Å². The van der Waals surface area contributed by atoms with Crippen LogP contribution >= 0.6 is 11.8 Å². The lowest BCUT2D eigenvalue weighted by molar-refractivity contribution is 0.102. The normalized spacial score (nSPS) is 25.0. The summed E-state index contributed by atoms with van der Waals surface area (Å²) >= 11 is 1.30. The number of carbonyl (C=O) groups is 1. The monoisotopic (exact) mass is 423 g/mol. The van der Waals surface area contributed by atoms with Crippen molar-refractivity contribution in [2.75, 3.05) is 19.1 Å². The maximum atomic E-state index is 14.7. The molecule has 3 atom stereocenters. The van der Waals surface area contributed by atoms with Gasteiger partial charge in [-0.2, -0.15) is 0 Å². The molecule has 1 aromatic heterocycles. The summed E-state index contributed by atoms with van der Waals surface area (Å²) in [6, 6.07) is 2.00. The number of thioether (sulfide) groups is 1. The number of hydrogen-bond donors (Lipinski definition) is 2. The van der Waals surface area contributed by atoms with Gasteiger partial charge in [0.25, 0.3) is 5.91 Å². The van der Waals surface area contributed by atoms with E-state index >= 15 is 0 Å². The highest BCUT2D eigenvalue weighted by atomic mass is 32.2. The molecule has 152 valence electrons. The largest absolute Gasteiger partial charge is 0.480 e. The van der Waals surface area contributed by atoms with E-state index in [-0.39, 0.29) is 39.2 Å². The number of methoxy groups -OCH3 is 1. The molecule has 7 nitrogen and oxygen atoms in total. The number of aliphatic imine (C=N–C) groups is 1. The molecular weight excluding hydrogens is 407 g/mol. The van der Waals surface area contributed by atoms with Gasteiger partial charge in [-0.05, 0) is 12.5 Å². The van der Waals surface area contributed by atoms with E-state index in [0.29, 0.717) is 6.42 Å². The van der Waals surface area contributed by atoms with Gasteiger partial charge in [0.05, 0.1) is 19.5 Å². The van der Waals surface area contributed by atoms with Crippen LogP contribution in [0.1, 0.15) is 22.5 Å². The molecule has 4 rings (SSSR count). The van der Waals surface area contributed by atoms with Crippen LogP contribution in [-0.4, -0.2) is 40.1 Å². The van der Waals surface area contributed by atoms with Crippen molar-refractivity contribution in [2.45, 2.75) is 17.2 Å².